The first-order chi connectivity index (χ1) is 26.7. The number of imide groups is 1. The predicted octanol–water partition coefficient (Wildman–Crippen LogP) is 3.94. The lowest BCUT2D eigenvalue weighted by Gasteiger charge is -2.44. The summed E-state index contributed by atoms with van der Waals surface area (Å²) in [5.74, 6) is -0.640. The van der Waals surface area contributed by atoms with Crippen molar-refractivity contribution < 1.29 is 29.0 Å². The molecule has 55 heavy (non-hydrogen) atoms. The summed E-state index contributed by atoms with van der Waals surface area (Å²) in [6.07, 6.45) is 2.53. The largest absolute Gasteiger partial charge is 0.490 e. The average Bonchev–Trinajstić information content (AvgIpc) is 3.46. The minimum absolute atomic E-state index is 0.0176. The van der Waals surface area contributed by atoms with E-state index in [2.05, 4.69) is 38.2 Å². The number of benzene rings is 3. The Morgan fingerprint density at radius 2 is 1.51 bits per heavy atom. The number of hydrogen-bond acceptors (Lipinski definition) is 10. The molecule has 5 heterocycles. The van der Waals surface area contributed by atoms with Crippen molar-refractivity contribution in [3.63, 3.8) is 0 Å². The van der Waals surface area contributed by atoms with Crippen molar-refractivity contribution in [3.05, 3.63) is 87.9 Å². The second-order valence-electron chi connectivity index (χ2n) is 15.0. The van der Waals surface area contributed by atoms with Crippen LogP contribution < -0.4 is 19.9 Å². The number of piperazine rings is 1. The van der Waals surface area contributed by atoms with Crippen LogP contribution in [0.15, 0.2) is 60.7 Å². The lowest BCUT2D eigenvalue weighted by atomic mass is 10.0. The van der Waals surface area contributed by atoms with Crippen molar-refractivity contribution in [2.24, 2.45) is 0 Å². The molecule has 0 radical (unpaired) electrons. The van der Waals surface area contributed by atoms with Gasteiger partial charge in [-0.2, -0.15) is 5.26 Å². The van der Waals surface area contributed by atoms with Crippen LogP contribution in [0.2, 0.25) is 5.02 Å². The van der Waals surface area contributed by atoms with Crippen LogP contribution in [0.4, 0.5) is 11.4 Å². The van der Waals surface area contributed by atoms with Gasteiger partial charge in [0.05, 0.1) is 10.6 Å². The Kier molecular flexibility index (Phi) is 10.4. The molecule has 0 aromatic heterocycles. The fourth-order valence-electron chi connectivity index (χ4n) is 8.68. The number of carbonyl (C=O) groups excluding carboxylic acids is 4. The Balaban J connectivity index is 0.787. The normalized spacial score (nSPS) is 22.7. The minimum atomic E-state index is -1.23. The number of likely N-dealkylation sites (tertiary alicyclic amines) is 1. The molecule has 2 unspecified atom stereocenters. The van der Waals surface area contributed by atoms with E-state index < -0.39 is 24.1 Å². The molecule has 286 valence electrons. The summed E-state index contributed by atoms with van der Waals surface area (Å²) in [7, 11) is 0. The molecule has 2 atom stereocenters. The van der Waals surface area contributed by atoms with Gasteiger partial charge >= 0.3 is 0 Å². The molecular weight excluding hydrogens is 722 g/mol. The molecule has 0 aliphatic carbocycles. The Hall–Kier alpha value is -5.16. The van der Waals surface area contributed by atoms with Gasteiger partial charge < -0.3 is 24.5 Å². The zero-order valence-corrected chi connectivity index (χ0v) is 31.3. The molecule has 13 nitrogen and oxygen atoms in total. The number of nitrogens with zero attached hydrogens (tertiary/aromatic N) is 6. The third kappa shape index (κ3) is 7.46. The molecule has 2 N–H and O–H groups in total. The van der Waals surface area contributed by atoms with Gasteiger partial charge in [-0.3, -0.25) is 34.3 Å². The number of aliphatic hydroxyl groups excluding tert-OH is 1. The zero-order valence-electron chi connectivity index (χ0n) is 30.5. The van der Waals surface area contributed by atoms with Crippen molar-refractivity contribution in [2.45, 2.75) is 62.9 Å². The van der Waals surface area contributed by atoms with E-state index in [0.717, 1.165) is 76.3 Å². The summed E-state index contributed by atoms with van der Waals surface area (Å²) in [6, 6.07) is 20.2. The fraction of sp³-hybridized carbons (Fsp3) is 0.439. The summed E-state index contributed by atoms with van der Waals surface area (Å²) < 4.78 is 6.09. The molecule has 0 spiro atoms. The number of amides is 4. The van der Waals surface area contributed by atoms with Crippen LogP contribution in [-0.2, 0) is 9.59 Å². The summed E-state index contributed by atoms with van der Waals surface area (Å²) in [5.41, 5.74) is 4.06. The predicted molar refractivity (Wildman–Crippen MR) is 205 cm³/mol. The van der Waals surface area contributed by atoms with Crippen molar-refractivity contribution >= 4 is 46.6 Å². The molecule has 4 saturated heterocycles. The SMILES string of the molecule is N#Cc1ccc(OC2CCN(C(=O)c3ccc(N4CCN(C5CCN(c6ccc7c(c6)C(O)N(C6CCC(=O)NC6=O)C7=O)CC5)CC4)cc3)CC2)cc1Cl. The smallest absolute Gasteiger partial charge is 0.257 e. The lowest BCUT2D eigenvalue weighted by molar-refractivity contribution is -0.139. The van der Waals surface area contributed by atoms with Gasteiger partial charge in [-0.05, 0) is 73.9 Å². The first-order valence-corrected chi connectivity index (χ1v) is 19.5. The quantitative estimate of drug-likeness (QED) is 0.339. The summed E-state index contributed by atoms with van der Waals surface area (Å²) >= 11 is 6.16. The van der Waals surface area contributed by atoms with Crippen LogP contribution in [0.1, 0.15) is 76.6 Å². The van der Waals surface area contributed by atoms with Crippen LogP contribution in [-0.4, -0.2) is 114 Å². The number of fused-ring (bicyclic) bond motifs is 1. The third-order valence-corrected chi connectivity index (χ3v) is 12.1. The summed E-state index contributed by atoms with van der Waals surface area (Å²) in [4.78, 5) is 61.0. The van der Waals surface area contributed by atoms with Gasteiger partial charge in [0.2, 0.25) is 11.8 Å². The van der Waals surface area contributed by atoms with E-state index >= 15 is 0 Å². The molecular formula is C41H44ClN7O6. The number of anilines is 2. The van der Waals surface area contributed by atoms with E-state index in [1.807, 2.05) is 29.2 Å². The number of aliphatic hydroxyl groups is 1. The number of hydrogen-bond donors (Lipinski definition) is 2. The first kappa shape index (κ1) is 36.8. The number of ether oxygens (including phenoxy) is 1. The van der Waals surface area contributed by atoms with Crippen LogP contribution in [0.5, 0.6) is 5.75 Å². The molecule has 4 fully saturated rings. The molecule has 5 aliphatic heterocycles. The van der Waals surface area contributed by atoms with E-state index in [0.29, 0.717) is 52.2 Å². The molecule has 0 bridgehead atoms. The van der Waals surface area contributed by atoms with Gasteiger partial charge in [-0.1, -0.05) is 11.6 Å². The zero-order chi connectivity index (χ0) is 38.2. The number of piperidine rings is 3. The maximum atomic E-state index is 13.3. The van der Waals surface area contributed by atoms with Crippen LogP contribution in [0, 0.1) is 11.3 Å². The van der Waals surface area contributed by atoms with Gasteiger partial charge in [0.25, 0.3) is 11.8 Å². The number of nitrogens with one attached hydrogen (secondary N) is 1. The van der Waals surface area contributed by atoms with E-state index in [-0.39, 0.29) is 30.8 Å². The van der Waals surface area contributed by atoms with E-state index in [9.17, 15) is 24.3 Å². The Bertz CT molecular complexity index is 2010. The number of carbonyl (C=O) groups is 4. The second-order valence-corrected chi connectivity index (χ2v) is 15.4. The highest BCUT2D eigenvalue weighted by Crippen LogP contribution is 2.38. The summed E-state index contributed by atoms with van der Waals surface area (Å²) in [5, 5.41) is 22.9. The van der Waals surface area contributed by atoms with Crippen molar-refractivity contribution in [1.29, 1.82) is 5.26 Å². The second kappa shape index (κ2) is 15.5. The highest BCUT2D eigenvalue weighted by Gasteiger charge is 2.44. The lowest BCUT2D eigenvalue weighted by Crippen LogP contribution is -2.53. The fourth-order valence-corrected chi connectivity index (χ4v) is 8.89. The molecule has 4 amide bonds. The topological polar surface area (TPSA) is 150 Å². The monoisotopic (exact) mass is 765 g/mol. The number of rotatable bonds is 7. The number of nitriles is 1. The molecule has 0 saturated carbocycles. The molecule has 5 aliphatic rings. The highest BCUT2D eigenvalue weighted by atomic mass is 35.5. The van der Waals surface area contributed by atoms with Crippen LogP contribution in [0.3, 0.4) is 0 Å². The van der Waals surface area contributed by atoms with Crippen molar-refractivity contribution in [1.82, 2.24) is 20.0 Å². The number of halogens is 1. The third-order valence-electron chi connectivity index (χ3n) is 11.8. The van der Waals surface area contributed by atoms with Crippen LogP contribution in [0.25, 0.3) is 0 Å². The summed E-state index contributed by atoms with van der Waals surface area (Å²) in [6.45, 7) is 6.67. The van der Waals surface area contributed by atoms with Crippen molar-refractivity contribution in [3.8, 4) is 11.8 Å². The maximum Gasteiger partial charge on any atom is 0.257 e. The highest BCUT2D eigenvalue weighted by molar-refractivity contribution is 6.31. The van der Waals surface area contributed by atoms with Gasteiger partial charge in [0.1, 0.15) is 24.0 Å². The Morgan fingerprint density at radius 3 is 2.18 bits per heavy atom. The van der Waals surface area contributed by atoms with E-state index in [4.69, 9.17) is 21.6 Å². The molecule has 3 aromatic carbocycles. The Labute approximate surface area is 325 Å². The first-order valence-electron chi connectivity index (χ1n) is 19.1. The van der Waals surface area contributed by atoms with E-state index in [1.165, 1.54) is 4.90 Å². The Morgan fingerprint density at radius 1 is 0.818 bits per heavy atom. The maximum absolute atomic E-state index is 13.3. The average molecular weight is 766 g/mol. The van der Waals surface area contributed by atoms with Gasteiger partial charge in [0.15, 0.2) is 6.23 Å². The minimum Gasteiger partial charge on any atom is -0.490 e. The van der Waals surface area contributed by atoms with Crippen molar-refractivity contribution in [2.75, 3.05) is 62.2 Å². The van der Waals surface area contributed by atoms with Gasteiger partial charge in [-0.25, -0.2) is 0 Å². The molecule has 3 aromatic rings. The molecule has 8 rings (SSSR count). The van der Waals surface area contributed by atoms with E-state index in [1.54, 1.807) is 24.3 Å². The van der Waals surface area contributed by atoms with Gasteiger partial charge in [-0.15, -0.1) is 0 Å². The van der Waals surface area contributed by atoms with Gasteiger partial charge in [0, 0.05) is 112 Å². The standard InChI is InChI=1S/C41H44ClN7O6/c42-35-24-32(7-3-27(35)25-43)55-31-13-17-48(18-14-31)39(52)26-1-4-28(5-2-26)46-19-21-47(22-20-46)29-11-15-45(16-12-29)30-6-8-33-34(23-30)41(54)49(40(33)53)36-9-10-37(50)44-38(36)51/h1-8,23-24,29,31,36,41,54H,9-22H2,(H,44,50,51). The van der Waals surface area contributed by atoms with Crippen LogP contribution >= 0.6 is 11.6 Å². The molecule has 14 heteroatoms.